The third-order valence-electron chi connectivity index (χ3n) is 3.83. The van der Waals surface area contributed by atoms with Crippen LogP contribution in [0.2, 0.25) is 0 Å². The smallest absolute Gasteiger partial charge is 0.207 e. The maximum absolute atomic E-state index is 13.3. The quantitative estimate of drug-likeness (QED) is 0.654. The number of benzene rings is 2. The Morgan fingerprint density at radius 2 is 1.77 bits per heavy atom. The first-order chi connectivity index (χ1) is 12.3. The summed E-state index contributed by atoms with van der Waals surface area (Å²) < 4.78 is 40.6. The highest BCUT2D eigenvalue weighted by Gasteiger charge is 2.22. The van der Waals surface area contributed by atoms with Gasteiger partial charge in [0.25, 0.3) is 0 Å². The summed E-state index contributed by atoms with van der Waals surface area (Å²) in [4.78, 5) is 0.268. The SMILES string of the molecule is CC(C)=CCN(C/C=C/c1cccc(F)c1)S(=O)(=O)c1ccc(C)cc1. The van der Waals surface area contributed by atoms with Crippen LogP contribution >= 0.6 is 0 Å². The van der Waals surface area contributed by atoms with Gasteiger partial charge < -0.3 is 0 Å². The summed E-state index contributed by atoms with van der Waals surface area (Å²) in [5, 5.41) is 0. The number of rotatable bonds is 7. The summed E-state index contributed by atoms with van der Waals surface area (Å²) >= 11 is 0. The van der Waals surface area contributed by atoms with Crippen LogP contribution in [0.5, 0.6) is 0 Å². The molecule has 138 valence electrons. The molecule has 0 radical (unpaired) electrons. The Labute approximate surface area is 155 Å². The molecule has 0 unspecified atom stereocenters. The summed E-state index contributed by atoms with van der Waals surface area (Å²) in [5.74, 6) is -0.319. The summed E-state index contributed by atoms with van der Waals surface area (Å²) in [6.45, 7) is 6.26. The molecule has 0 aromatic heterocycles. The van der Waals surface area contributed by atoms with E-state index in [1.165, 1.54) is 16.4 Å². The Morgan fingerprint density at radius 3 is 2.38 bits per heavy atom. The zero-order chi connectivity index (χ0) is 19.2. The Kier molecular flexibility index (Phi) is 6.89. The van der Waals surface area contributed by atoms with Gasteiger partial charge in [-0.1, -0.05) is 53.6 Å². The van der Waals surface area contributed by atoms with Crippen molar-refractivity contribution < 1.29 is 12.8 Å². The Balaban J connectivity index is 2.25. The van der Waals surface area contributed by atoms with Crippen molar-refractivity contribution in [1.82, 2.24) is 4.31 Å². The summed E-state index contributed by atoms with van der Waals surface area (Å²) in [5.41, 5.74) is 2.74. The van der Waals surface area contributed by atoms with Crippen LogP contribution in [-0.4, -0.2) is 25.8 Å². The number of hydrogen-bond donors (Lipinski definition) is 0. The first kappa shape index (κ1) is 20.1. The molecule has 0 aliphatic carbocycles. The van der Waals surface area contributed by atoms with Crippen molar-refractivity contribution in [3.8, 4) is 0 Å². The summed E-state index contributed by atoms with van der Waals surface area (Å²) in [6.07, 6.45) is 5.34. The standard InChI is InChI=1S/C21H24FNO2S/c1-17(2)13-15-23(14-5-7-19-6-4-8-20(22)16-19)26(24,25)21-11-9-18(3)10-12-21/h4-13,16H,14-15H2,1-3H3/b7-5+. The second-order valence-electron chi connectivity index (χ2n) is 6.37. The predicted molar refractivity (Wildman–Crippen MR) is 105 cm³/mol. The first-order valence-corrected chi connectivity index (χ1v) is 9.85. The average molecular weight is 373 g/mol. The third-order valence-corrected chi connectivity index (χ3v) is 5.68. The third kappa shape index (κ3) is 5.64. The highest BCUT2D eigenvalue weighted by atomic mass is 32.2. The second-order valence-corrected chi connectivity index (χ2v) is 8.31. The Morgan fingerprint density at radius 1 is 1.08 bits per heavy atom. The van der Waals surface area contributed by atoms with Gasteiger partial charge in [-0.25, -0.2) is 12.8 Å². The minimum atomic E-state index is -3.61. The number of sulfonamides is 1. The van der Waals surface area contributed by atoms with Gasteiger partial charge in [-0.2, -0.15) is 4.31 Å². The summed E-state index contributed by atoms with van der Waals surface area (Å²) in [6, 6.07) is 13.0. The molecule has 0 spiro atoms. The lowest BCUT2D eigenvalue weighted by molar-refractivity contribution is 0.473. The van der Waals surface area contributed by atoms with Gasteiger partial charge in [0, 0.05) is 13.1 Å². The predicted octanol–water partition coefficient (Wildman–Crippen LogP) is 4.80. The van der Waals surface area contributed by atoms with E-state index in [9.17, 15) is 12.8 Å². The van der Waals surface area contributed by atoms with Gasteiger partial charge in [-0.05, 0) is 50.6 Å². The number of aryl methyl sites for hydroxylation is 1. The Bertz CT molecular complexity index is 896. The molecule has 0 bridgehead atoms. The van der Waals surface area contributed by atoms with Crippen LogP contribution in [0.25, 0.3) is 6.08 Å². The molecule has 0 saturated heterocycles. The number of hydrogen-bond acceptors (Lipinski definition) is 2. The lowest BCUT2D eigenvalue weighted by atomic mass is 10.2. The van der Waals surface area contributed by atoms with Gasteiger partial charge in [-0.15, -0.1) is 0 Å². The van der Waals surface area contributed by atoms with Gasteiger partial charge in [0.15, 0.2) is 0 Å². The van der Waals surface area contributed by atoms with Gasteiger partial charge >= 0.3 is 0 Å². The van der Waals surface area contributed by atoms with Gasteiger partial charge in [0.05, 0.1) is 4.90 Å². The topological polar surface area (TPSA) is 37.4 Å². The molecule has 0 aliphatic rings. The van der Waals surface area contributed by atoms with Gasteiger partial charge in [0.1, 0.15) is 5.82 Å². The fourth-order valence-corrected chi connectivity index (χ4v) is 3.66. The number of nitrogens with zero attached hydrogens (tertiary/aromatic N) is 1. The van der Waals surface area contributed by atoms with Crippen molar-refractivity contribution in [2.24, 2.45) is 0 Å². The van der Waals surface area contributed by atoms with E-state index in [4.69, 9.17) is 0 Å². The molecular formula is C21H24FNO2S. The van der Waals surface area contributed by atoms with Crippen LogP contribution in [0.1, 0.15) is 25.0 Å². The molecule has 0 amide bonds. The highest BCUT2D eigenvalue weighted by Crippen LogP contribution is 2.17. The molecule has 0 atom stereocenters. The lowest BCUT2D eigenvalue weighted by Crippen LogP contribution is -2.31. The van der Waals surface area contributed by atoms with E-state index >= 15 is 0 Å². The van der Waals surface area contributed by atoms with Crippen molar-refractivity contribution in [3.63, 3.8) is 0 Å². The molecule has 0 heterocycles. The first-order valence-electron chi connectivity index (χ1n) is 8.41. The van der Waals surface area contributed by atoms with Crippen LogP contribution in [0.15, 0.2) is 71.2 Å². The van der Waals surface area contributed by atoms with E-state index in [-0.39, 0.29) is 23.8 Å². The number of allylic oxidation sites excluding steroid dienone is 1. The van der Waals surface area contributed by atoms with E-state index in [0.29, 0.717) is 5.56 Å². The fourth-order valence-electron chi connectivity index (χ4n) is 2.33. The van der Waals surface area contributed by atoms with Crippen molar-refractivity contribution >= 4 is 16.1 Å². The summed E-state index contributed by atoms with van der Waals surface area (Å²) in [7, 11) is -3.61. The molecule has 2 aromatic rings. The van der Waals surface area contributed by atoms with Crippen LogP contribution in [-0.2, 0) is 10.0 Å². The molecule has 0 aliphatic heterocycles. The van der Waals surface area contributed by atoms with Crippen LogP contribution in [0.3, 0.4) is 0 Å². The maximum atomic E-state index is 13.3. The molecule has 3 nitrogen and oxygen atoms in total. The zero-order valence-electron chi connectivity index (χ0n) is 15.3. The highest BCUT2D eigenvalue weighted by molar-refractivity contribution is 7.89. The van der Waals surface area contributed by atoms with Crippen molar-refractivity contribution in [2.45, 2.75) is 25.7 Å². The van der Waals surface area contributed by atoms with E-state index in [2.05, 4.69) is 0 Å². The largest absolute Gasteiger partial charge is 0.243 e. The number of halogens is 1. The fraction of sp³-hybridized carbons (Fsp3) is 0.238. The minimum absolute atomic E-state index is 0.205. The lowest BCUT2D eigenvalue weighted by Gasteiger charge is -2.19. The Hall–Kier alpha value is -2.24. The van der Waals surface area contributed by atoms with E-state index in [1.807, 2.05) is 26.8 Å². The van der Waals surface area contributed by atoms with E-state index < -0.39 is 10.0 Å². The molecule has 26 heavy (non-hydrogen) atoms. The molecule has 0 saturated carbocycles. The van der Waals surface area contributed by atoms with Crippen molar-refractivity contribution in [3.05, 3.63) is 83.2 Å². The molecule has 5 heteroatoms. The second kappa shape index (κ2) is 8.92. The normalized spacial score (nSPS) is 11.9. The average Bonchev–Trinajstić information content (AvgIpc) is 2.58. The van der Waals surface area contributed by atoms with Crippen LogP contribution < -0.4 is 0 Å². The van der Waals surface area contributed by atoms with Gasteiger partial charge in [-0.3, -0.25) is 0 Å². The monoisotopic (exact) mass is 373 g/mol. The van der Waals surface area contributed by atoms with Gasteiger partial charge in [0.2, 0.25) is 10.0 Å². The molecular weight excluding hydrogens is 349 g/mol. The molecule has 2 rings (SSSR count). The van der Waals surface area contributed by atoms with Crippen molar-refractivity contribution in [1.29, 1.82) is 0 Å². The van der Waals surface area contributed by atoms with E-state index in [1.54, 1.807) is 48.6 Å². The van der Waals surface area contributed by atoms with E-state index in [0.717, 1.165) is 11.1 Å². The van der Waals surface area contributed by atoms with Crippen molar-refractivity contribution in [2.75, 3.05) is 13.1 Å². The molecule has 2 aromatic carbocycles. The van der Waals surface area contributed by atoms with Crippen LogP contribution in [0.4, 0.5) is 4.39 Å². The zero-order valence-corrected chi connectivity index (χ0v) is 16.1. The maximum Gasteiger partial charge on any atom is 0.243 e. The minimum Gasteiger partial charge on any atom is -0.207 e. The molecule has 0 N–H and O–H groups in total. The van der Waals surface area contributed by atoms with Crippen LogP contribution in [0, 0.1) is 12.7 Å². The molecule has 0 fully saturated rings.